The molecule has 0 heterocycles. The van der Waals surface area contributed by atoms with Gasteiger partial charge in [0.05, 0.1) is 0 Å². The number of rotatable bonds is 3. The Hall–Kier alpha value is -1.76. The minimum Gasteiger partial charge on any atom is -0.508 e. The average Bonchev–Trinajstić information content (AvgIpc) is 2.40. The lowest BCUT2D eigenvalue weighted by molar-refractivity contribution is 0.464. The highest BCUT2D eigenvalue weighted by Crippen LogP contribution is 2.25. The Bertz CT molecular complexity index is 500. The molecule has 1 nitrogen and oxygen atoms in total. The minimum atomic E-state index is 0.399. The molecule has 0 spiro atoms. The summed E-state index contributed by atoms with van der Waals surface area (Å²) in [6.45, 7) is 8.32. The third-order valence-electron chi connectivity index (χ3n) is 3.19. The van der Waals surface area contributed by atoms with Gasteiger partial charge in [0.15, 0.2) is 0 Å². The van der Waals surface area contributed by atoms with Crippen molar-refractivity contribution in [3.05, 3.63) is 65.2 Å². The van der Waals surface area contributed by atoms with Crippen LogP contribution in [0.4, 0.5) is 0 Å². The largest absolute Gasteiger partial charge is 0.508 e. The Morgan fingerprint density at radius 2 is 1.65 bits per heavy atom. The van der Waals surface area contributed by atoms with Crippen molar-refractivity contribution in [1.82, 2.24) is 0 Å². The molecule has 0 saturated carbocycles. The summed E-state index contributed by atoms with van der Waals surface area (Å²) < 4.78 is 0. The van der Waals surface area contributed by atoms with Crippen LogP contribution >= 0.6 is 0 Å². The van der Waals surface area contributed by atoms with Crippen molar-refractivity contribution in [1.29, 1.82) is 0 Å². The van der Waals surface area contributed by atoms with Crippen molar-refractivity contribution in [2.45, 2.75) is 46.5 Å². The fraction of sp³-hybridized carbons (Fsp3) is 0.368. The van der Waals surface area contributed by atoms with Crippen LogP contribution in [0.5, 0.6) is 5.75 Å². The Labute approximate surface area is 123 Å². The third-order valence-corrected chi connectivity index (χ3v) is 3.19. The first-order valence-electron chi connectivity index (χ1n) is 7.38. The van der Waals surface area contributed by atoms with Crippen LogP contribution in [-0.2, 0) is 6.42 Å². The van der Waals surface area contributed by atoms with Crippen molar-refractivity contribution in [3.63, 3.8) is 0 Å². The van der Waals surface area contributed by atoms with Crippen molar-refractivity contribution < 1.29 is 5.11 Å². The van der Waals surface area contributed by atoms with Gasteiger partial charge in [-0.15, -0.1) is 0 Å². The van der Waals surface area contributed by atoms with E-state index in [0.29, 0.717) is 11.7 Å². The van der Waals surface area contributed by atoms with Gasteiger partial charge in [-0.2, -0.15) is 0 Å². The highest BCUT2D eigenvalue weighted by molar-refractivity contribution is 5.37. The highest BCUT2D eigenvalue weighted by Gasteiger charge is 2.03. The van der Waals surface area contributed by atoms with Gasteiger partial charge in [-0.05, 0) is 42.0 Å². The molecule has 0 aromatic heterocycles. The maximum absolute atomic E-state index is 9.46. The molecule has 2 rings (SSSR count). The number of aryl methyl sites for hydroxylation is 2. The molecule has 0 radical (unpaired) electrons. The van der Waals surface area contributed by atoms with Gasteiger partial charge in [0.1, 0.15) is 5.75 Å². The number of hydrogen-bond donors (Lipinski definition) is 1. The van der Waals surface area contributed by atoms with Crippen LogP contribution in [0.25, 0.3) is 0 Å². The molecule has 0 fully saturated rings. The number of hydrogen-bond acceptors (Lipinski definition) is 1. The van der Waals surface area contributed by atoms with Gasteiger partial charge in [-0.1, -0.05) is 69.7 Å². The molecule has 2 aromatic carbocycles. The molecule has 1 heteroatoms. The number of phenols is 1. The first-order chi connectivity index (χ1) is 9.54. The molecule has 1 N–H and O–H groups in total. The lowest BCUT2D eigenvalue weighted by Gasteiger charge is -2.07. The fourth-order valence-corrected chi connectivity index (χ4v) is 2.08. The molecule has 20 heavy (non-hydrogen) atoms. The van der Waals surface area contributed by atoms with Crippen molar-refractivity contribution in [3.8, 4) is 5.75 Å². The lowest BCUT2D eigenvalue weighted by atomic mass is 10.0. The maximum Gasteiger partial charge on any atom is 0.119 e. The topological polar surface area (TPSA) is 20.2 Å². The van der Waals surface area contributed by atoms with Gasteiger partial charge in [0.25, 0.3) is 0 Å². The van der Waals surface area contributed by atoms with Crippen LogP contribution < -0.4 is 0 Å². The molecule has 0 saturated heterocycles. The van der Waals surface area contributed by atoms with Crippen LogP contribution in [0.2, 0.25) is 0 Å². The van der Waals surface area contributed by atoms with Crippen LogP contribution in [-0.4, -0.2) is 5.11 Å². The smallest absolute Gasteiger partial charge is 0.119 e. The van der Waals surface area contributed by atoms with E-state index in [1.807, 2.05) is 19.1 Å². The molecule has 2 aromatic rings. The Balaban J connectivity index is 0.000000204. The van der Waals surface area contributed by atoms with Crippen LogP contribution in [0.15, 0.2) is 48.5 Å². The van der Waals surface area contributed by atoms with Crippen LogP contribution in [0.1, 0.15) is 49.8 Å². The summed E-state index contributed by atoms with van der Waals surface area (Å²) in [6.07, 6.45) is 2.45. The maximum atomic E-state index is 9.46. The Morgan fingerprint density at radius 1 is 1.00 bits per heavy atom. The van der Waals surface area contributed by atoms with Gasteiger partial charge in [0, 0.05) is 0 Å². The van der Waals surface area contributed by atoms with E-state index in [1.165, 1.54) is 18.4 Å². The normalized spacial score (nSPS) is 10.1. The Kier molecular flexibility index (Phi) is 6.86. The summed E-state index contributed by atoms with van der Waals surface area (Å²) in [5, 5.41) is 9.46. The quantitative estimate of drug-likeness (QED) is 0.784. The first-order valence-corrected chi connectivity index (χ1v) is 7.38. The van der Waals surface area contributed by atoms with Gasteiger partial charge in [-0.3, -0.25) is 0 Å². The van der Waals surface area contributed by atoms with E-state index < -0.39 is 0 Å². The van der Waals surface area contributed by atoms with E-state index in [0.717, 1.165) is 11.1 Å². The molecule has 0 amide bonds. The molecular weight excluding hydrogens is 244 g/mol. The molecule has 108 valence electrons. The van der Waals surface area contributed by atoms with E-state index in [-0.39, 0.29) is 0 Å². The second-order valence-corrected chi connectivity index (χ2v) is 5.45. The Morgan fingerprint density at radius 3 is 2.15 bits per heavy atom. The molecule has 0 aliphatic carbocycles. The summed E-state index contributed by atoms with van der Waals surface area (Å²) in [7, 11) is 0. The van der Waals surface area contributed by atoms with Crippen molar-refractivity contribution >= 4 is 0 Å². The van der Waals surface area contributed by atoms with Gasteiger partial charge in [-0.25, -0.2) is 0 Å². The zero-order valence-corrected chi connectivity index (χ0v) is 13.1. The van der Waals surface area contributed by atoms with Crippen molar-refractivity contribution in [2.75, 3.05) is 0 Å². The van der Waals surface area contributed by atoms with Crippen molar-refractivity contribution in [2.24, 2.45) is 0 Å². The lowest BCUT2D eigenvalue weighted by Crippen LogP contribution is -1.87. The van der Waals surface area contributed by atoms with E-state index in [1.54, 1.807) is 6.07 Å². The second kappa shape index (κ2) is 8.42. The predicted molar refractivity (Wildman–Crippen MR) is 87.4 cm³/mol. The molecule has 0 unspecified atom stereocenters. The van der Waals surface area contributed by atoms with E-state index in [4.69, 9.17) is 0 Å². The number of benzene rings is 2. The van der Waals surface area contributed by atoms with Crippen LogP contribution in [0, 0.1) is 6.92 Å². The standard InChI is InChI=1S/C10H14O.C9H12/c1-7(2)9-5-4-8(3)6-10(9)11;1-2-6-9-7-4-3-5-8-9/h4-7,11H,1-3H3;3-5,7-8H,2,6H2,1H3. The second-order valence-electron chi connectivity index (χ2n) is 5.45. The monoisotopic (exact) mass is 270 g/mol. The van der Waals surface area contributed by atoms with Gasteiger partial charge < -0.3 is 5.11 Å². The average molecular weight is 270 g/mol. The van der Waals surface area contributed by atoms with E-state index in [2.05, 4.69) is 51.1 Å². The van der Waals surface area contributed by atoms with Gasteiger partial charge in [0.2, 0.25) is 0 Å². The molecule has 0 bridgehead atoms. The van der Waals surface area contributed by atoms with E-state index >= 15 is 0 Å². The molecular formula is C19H26O. The van der Waals surface area contributed by atoms with E-state index in [9.17, 15) is 5.11 Å². The zero-order valence-electron chi connectivity index (χ0n) is 13.1. The first kappa shape index (κ1) is 16.3. The highest BCUT2D eigenvalue weighted by atomic mass is 16.3. The molecule has 0 aliphatic heterocycles. The summed E-state index contributed by atoms with van der Waals surface area (Å²) in [4.78, 5) is 0. The van der Waals surface area contributed by atoms with Gasteiger partial charge >= 0.3 is 0 Å². The molecule has 0 atom stereocenters. The fourth-order valence-electron chi connectivity index (χ4n) is 2.08. The summed E-state index contributed by atoms with van der Waals surface area (Å²) in [5.74, 6) is 0.815. The zero-order chi connectivity index (χ0) is 15.0. The third kappa shape index (κ3) is 5.48. The summed E-state index contributed by atoms with van der Waals surface area (Å²) in [6, 6.07) is 16.4. The summed E-state index contributed by atoms with van der Waals surface area (Å²) >= 11 is 0. The SMILES string of the molecule is CCCc1ccccc1.Cc1ccc(C(C)C)c(O)c1. The predicted octanol–water partition coefficient (Wildman–Crippen LogP) is 5.46. The number of phenolic OH excluding ortho intramolecular Hbond substituents is 1. The summed E-state index contributed by atoms with van der Waals surface area (Å²) in [5.41, 5.74) is 3.57. The number of aromatic hydroxyl groups is 1. The molecule has 0 aliphatic rings. The minimum absolute atomic E-state index is 0.399. The van der Waals surface area contributed by atoms with Crippen LogP contribution in [0.3, 0.4) is 0 Å².